The first-order valence-electron chi connectivity index (χ1n) is 12.2. The Hall–Kier alpha value is -2.22. The summed E-state index contributed by atoms with van der Waals surface area (Å²) in [6.45, 7) is 2.86. The van der Waals surface area contributed by atoms with Crippen LogP contribution < -0.4 is 0 Å². The molecule has 0 aliphatic carbocycles. The first-order chi connectivity index (χ1) is 17.9. The molecule has 1 aromatic carbocycles. The van der Waals surface area contributed by atoms with Crippen molar-refractivity contribution in [1.82, 2.24) is 14.7 Å². The molecule has 14 heteroatoms. The van der Waals surface area contributed by atoms with Gasteiger partial charge in [-0.25, -0.2) is 0 Å². The first kappa shape index (κ1) is 26.4. The van der Waals surface area contributed by atoms with E-state index >= 15 is 0 Å². The Bertz CT molecular complexity index is 939. The molecule has 0 amide bonds. The maximum absolute atomic E-state index is 12.6. The molecular formula is C23H30BiN3O10. The number of hydrogen-bond acceptors (Lipinski definition) is 13. The van der Waals surface area contributed by atoms with Crippen LogP contribution in [0.1, 0.15) is 23.8 Å². The van der Waals surface area contributed by atoms with Crippen molar-refractivity contribution in [2.24, 2.45) is 0 Å². The molecular weight excluding hydrogens is 687 g/mol. The zero-order chi connectivity index (χ0) is 25.8. The fraction of sp³-hybridized carbons (Fsp3) is 0.565. The van der Waals surface area contributed by atoms with Crippen LogP contribution in [0.4, 0.5) is 0 Å². The molecule has 202 valence electrons. The third kappa shape index (κ3) is 7.01. The number of benzene rings is 1. The van der Waals surface area contributed by atoms with Crippen molar-refractivity contribution in [2.45, 2.75) is 19.3 Å². The van der Waals surface area contributed by atoms with Crippen LogP contribution in [0.25, 0.3) is 0 Å². The molecule has 0 atom stereocenters. The summed E-state index contributed by atoms with van der Waals surface area (Å²) in [5.74, 6) is -3.06. The Morgan fingerprint density at radius 2 is 1.14 bits per heavy atom. The molecule has 0 N–H and O–H groups in total. The minimum atomic E-state index is -5.70. The zero-order valence-corrected chi connectivity index (χ0v) is 24.2. The third-order valence-corrected chi connectivity index (χ3v) is 13.7. The molecule has 13 nitrogen and oxygen atoms in total. The second-order valence-electron chi connectivity index (χ2n) is 9.26. The third-order valence-electron chi connectivity index (χ3n) is 6.32. The number of fused-ring (bicyclic) bond motifs is 4. The van der Waals surface area contributed by atoms with Crippen molar-refractivity contribution in [3.63, 3.8) is 0 Å². The predicted octanol–water partition coefficient (Wildman–Crippen LogP) is -1.09. The van der Waals surface area contributed by atoms with Crippen LogP contribution in [0.2, 0.25) is 0 Å². The fourth-order valence-electron chi connectivity index (χ4n) is 4.52. The summed E-state index contributed by atoms with van der Waals surface area (Å²) >= 11 is -5.70. The molecule has 0 unspecified atom stereocenters. The number of hydrogen-bond donors (Lipinski definition) is 0. The molecule has 6 fully saturated rings. The molecule has 0 aromatic heterocycles. The average molecular weight is 717 g/mol. The van der Waals surface area contributed by atoms with Crippen LogP contribution >= 0.6 is 0 Å². The van der Waals surface area contributed by atoms with Gasteiger partial charge in [-0.05, 0) is 6.42 Å². The summed E-state index contributed by atoms with van der Waals surface area (Å²) in [7, 11) is 0. The summed E-state index contributed by atoms with van der Waals surface area (Å²) < 4.78 is 32.4. The molecule has 6 heterocycles. The molecule has 0 radical (unpaired) electrons. The van der Waals surface area contributed by atoms with Crippen LogP contribution in [0, 0.1) is 0 Å². The van der Waals surface area contributed by atoms with E-state index < -0.39 is 45.9 Å². The van der Waals surface area contributed by atoms with E-state index in [-0.39, 0.29) is 32.5 Å². The van der Waals surface area contributed by atoms with E-state index in [9.17, 15) is 19.2 Å². The Morgan fingerprint density at radius 1 is 0.676 bits per heavy atom. The van der Waals surface area contributed by atoms with Crippen molar-refractivity contribution in [3.05, 3.63) is 35.4 Å². The normalized spacial score (nSPS) is 28.6. The van der Waals surface area contributed by atoms with Crippen LogP contribution in [0.5, 0.6) is 0 Å². The number of nitrogens with zero attached hydrogens (tertiary/aromatic N) is 3. The van der Waals surface area contributed by atoms with Gasteiger partial charge >= 0.3 is 185 Å². The second-order valence-corrected chi connectivity index (χ2v) is 16.3. The van der Waals surface area contributed by atoms with Crippen LogP contribution in [0.15, 0.2) is 24.3 Å². The molecule has 7 rings (SSSR count). The Morgan fingerprint density at radius 3 is 1.59 bits per heavy atom. The van der Waals surface area contributed by atoms with Crippen LogP contribution in [-0.2, 0) is 46.4 Å². The Balaban J connectivity index is 1.34. The van der Waals surface area contributed by atoms with Gasteiger partial charge in [0.25, 0.3) is 0 Å². The molecule has 0 saturated carbocycles. The summed E-state index contributed by atoms with van der Waals surface area (Å²) in [6, 6.07) is 7.96. The zero-order valence-electron chi connectivity index (χ0n) is 20.3. The molecule has 6 aliphatic heterocycles. The molecule has 6 aliphatic rings. The van der Waals surface area contributed by atoms with Gasteiger partial charge in [0.05, 0.1) is 13.2 Å². The SMILES string of the molecule is O=C1CN2CCN(Cc3ccc(C4OCCCO4)cc3)CCN3CC(=O)[O][BiH]([O]1)([O]C(=O)C2)[O]C(=O)C3. The monoisotopic (exact) mass is 717 g/mol. The van der Waals surface area contributed by atoms with Crippen molar-refractivity contribution in [2.75, 3.05) is 65.6 Å². The van der Waals surface area contributed by atoms with Crippen molar-refractivity contribution in [1.29, 1.82) is 0 Å². The van der Waals surface area contributed by atoms with Gasteiger partial charge in [0.2, 0.25) is 0 Å². The topological polar surface area (TPSA) is 133 Å². The number of rotatable bonds is 3. The number of carbonyl (C=O) groups excluding carboxylic acids is 4. The van der Waals surface area contributed by atoms with Crippen LogP contribution in [-0.4, -0.2) is 126 Å². The van der Waals surface area contributed by atoms with E-state index in [1.807, 2.05) is 24.3 Å². The molecule has 37 heavy (non-hydrogen) atoms. The van der Waals surface area contributed by atoms with Crippen molar-refractivity contribution >= 4 is 45.9 Å². The minimum absolute atomic E-state index is 0.220. The molecule has 3 bridgehead atoms. The van der Waals surface area contributed by atoms with Gasteiger partial charge in [-0.1, -0.05) is 0 Å². The number of carbonyl (C=O) groups is 4. The summed E-state index contributed by atoms with van der Waals surface area (Å²) in [6.07, 6.45) is 0.520. The van der Waals surface area contributed by atoms with E-state index in [2.05, 4.69) is 4.90 Å². The summed E-state index contributed by atoms with van der Waals surface area (Å²) in [5, 5.41) is 0. The quantitative estimate of drug-likeness (QED) is 0.352. The Labute approximate surface area is 220 Å². The van der Waals surface area contributed by atoms with Gasteiger partial charge in [0.15, 0.2) is 6.29 Å². The summed E-state index contributed by atoms with van der Waals surface area (Å²) in [4.78, 5) is 55.7. The summed E-state index contributed by atoms with van der Waals surface area (Å²) in [5.41, 5.74) is 1.99. The van der Waals surface area contributed by atoms with Gasteiger partial charge in [-0.15, -0.1) is 0 Å². The Kier molecular flexibility index (Phi) is 8.32. The second kappa shape index (κ2) is 11.7. The van der Waals surface area contributed by atoms with Gasteiger partial charge in [0.1, 0.15) is 0 Å². The van der Waals surface area contributed by atoms with Gasteiger partial charge in [-0.3, -0.25) is 0 Å². The van der Waals surface area contributed by atoms with Crippen molar-refractivity contribution < 1.29 is 39.9 Å². The predicted molar refractivity (Wildman–Crippen MR) is 125 cm³/mol. The molecule has 1 aromatic rings. The van der Waals surface area contributed by atoms with E-state index in [0.717, 1.165) is 17.5 Å². The van der Waals surface area contributed by atoms with E-state index in [0.29, 0.717) is 45.9 Å². The molecule has 1 spiro atoms. The van der Waals surface area contributed by atoms with Crippen molar-refractivity contribution in [3.8, 4) is 0 Å². The van der Waals surface area contributed by atoms with E-state index in [4.69, 9.17) is 20.7 Å². The van der Waals surface area contributed by atoms with Crippen LogP contribution in [0.3, 0.4) is 0 Å². The standard InChI is InChI=1S/C23H33N3O10.Bi.H/c27-19(28)13-25(14-20(29)30)8-6-24(7-9-26(15-21(31)32)16-22(33)34)12-17-2-4-18(5-3-17)23-35-10-1-11-36-23;;/h2-5,23H,1,6-16H2,(H,27,28)(H,29,30)(H,31,32)(H,33,34);;/q;+4;/p-4. The van der Waals surface area contributed by atoms with Gasteiger partial charge in [0, 0.05) is 0 Å². The fourth-order valence-corrected chi connectivity index (χ4v) is 10.8. The first-order valence-corrected chi connectivity index (χ1v) is 18.6. The average Bonchev–Trinajstić information content (AvgIpc) is 2.84. The van der Waals surface area contributed by atoms with E-state index in [1.54, 1.807) is 9.80 Å². The van der Waals surface area contributed by atoms with Gasteiger partial charge in [-0.2, -0.15) is 0 Å². The maximum atomic E-state index is 12.6. The molecule has 6 saturated heterocycles. The number of ether oxygens (including phenoxy) is 2. The van der Waals surface area contributed by atoms with Gasteiger partial charge < -0.3 is 9.47 Å². The van der Waals surface area contributed by atoms with E-state index in [1.165, 1.54) is 0 Å².